The van der Waals surface area contributed by atoms with E-state index in [1.165, 1.54) is 83.5 Å². The third kappa shape index (κ3) is 19.8. The second-order valence-corrected chi connectivity index (χ2v) is 15.0. The second-order valence-electron chi connectivity index (χ2n) is 15.0. The maximum Gasteiger partial charge on any atom is 0.343 e. The van der Waals surface area contributed by atoms with Gasteiger partial charge in [-0.1, -0.05) is 97.3 Å². The van der Waals surface area contributed by atoms with Crippen molar-refractivity contribution in [1.29, 1.82) is 0 Å². The molecule has 0 saturated heterocycles. The number of nitrogens with zero attached hydrogens (tertiary/aromatic N) is 2. The Bertz CT molecular complexity index is 1650. The predicted molar refractivity (Wildman–Crippen MR) is 241 cm³/mol. The van der Waals surface area contributed by atoms with Crippen molar-refractivity contribution >= 4 is 24.4 Å². The van der Waals surface area contributed by atoms with Crippen LogP contribution in [0.2, 0.25) is 0 Å². The van der Waals surface area contributed by atoms with Gasteiger partial charge in [0.2, 0.25) is 0 Å². The van der Waals surface area contributed by atoms with Gasteiger partial charge < -0.3 is 18.9 Å². The van der Waals surface area contributed by atoms with Crippen LogP contribution in [0, 0.1) is 0 Å². The first kappa shape index (κ1) is 46.4. The molecule has 0 amide bonds. The Kier molecular flexibility index (Phi) is 22.9. The van der Waals surface area contributed by atoms with Gasteiger partial charge in [0.25, 0.3) is 0 Å². The largest absolute Gasteiger partial charge is 0.494 e. The summed E-state index contributed by atoms with van der Waals surface area (Å²) in [6.45, 7) is 7.41. The Morgan fingerprint density at radius 1 is 0.407 bits per heavy atom. The van der Waals surface area contributed by atoms with Gasteiger partial charge in [-0.05, 0) is 134 Å². The Balaban J connectivity index is 0.983. The summed E-state index contributed by atoms with van der Waals surface area (Å²) >= 11 is 0. The van der Waals surface area contributed by atoms with E-state index in [0.29, 0.717) is 35.8 Å². The van der Waals surface area contributed by atoms with Gasteiger partial charge in [0, 0.05) is 25.5 Å². The third-order valence-electron chi connectivity index (χ3n) is 9.95. The summed E-state index contributed by atoms with van der Waals surface area (Å²) in [6, 6.07) is 29.1. The summed E-state index contributed by atoms with van der Waals surface area (Å²) in [5.74, 6) is 1.77. The van der Waals surface area contributed by atoms with Gasteiger partial charge in [0.1, 0.15) is 23.0 Å². The molecule has 4 aromatic rings. The van der Waals surface area contributed by atoms with Crippen LogP contribution < -0.4 is 18.9 Å². The van der Waals surface area contributed by atoms with E-state index in [1.54, 1.807) is 48.5 Å². The van der Waals surface area contributed by atoms with Crippen LogP contribution in [0.5, 0.6) is 23.0 Å². The van der Waals surface area contributed by atoms with E-state index < -0.39 is 0 Å². The predicted octanol–water partition coefficient (Wildman–Crippen LogP) is 13.1. The van der Waals surface area contributed by atoms with Crippen LogP contribution in [0.4, 0.5) is 0 Å². The molecule has 0 heterocycles. The van der Waals surface area contributed by atoms with E-state index in [0.717, 1.165) is 61.4 Å². The lowest BCUT2D eigenvalue weighted by atomic mass is 10.1. The lowest BCUT2D eigenvalue weighted by Crippen LogP contribution is -2.08. The number of carbonyl (C=O) groups is 2. The normalized spacial score (nSPS) is 11.3. The number of rotatable bonds is 30. The van der Waals surface area contributed by atoms with E-state index >= 15 is 0 Å². The Morgan fingerprint density at radius 3 is 1.10 bits per heavy atom. The fourth-order valence-electron chi connectivity index (χ4n) is 6.37. The van der Waals surface area contributed by atoms with Gasteiger partial charge in [-0.25, -0.2) is 9.59 Å². The van der Waals surface area contributed by atoms with Crippen LogP contribution in [0.25, 0.3) is 0 Å². The number of hydrogen-bond acceptors (Lipinski definition) is 8. The average Bonchev–Trinajstić information content (AvgIpc) is 3.26. The van der Waals surface area contributed by atoms with Crippen molar-refractivity contribution in [2.75, 3.05) is 26.3 Å². The Labute approximate surface area is 353 Å². The average molecular weight is 803 g/mol. The van der Waals surface area contributed by atoms with Crippen LogP contribution in [-0.4, -0.2) is 50.7 Å². The van der Waals surface area contributed by atoms with Gasteiger partial charge in [-0.3, -0.25) is 9.98 Å². The highest BCUT2D eigenvalue weighted by molar-refractivity contribution is 5.92. The van der Waals surface area contributed by atoms with Gasteiger partial charge in [0.05, 0.1) is 24.3 Å². The highest BCUT2D eigenvalue weighted by Crippen LogP contribution is 2.19. The molecule has 0 saturated carbocycles. The lowest BCUT2D eigenvalue weighted by molar-refractivity contribution is 0.0725. The molecule has 0 unspecified atom stereocenters. The molecule has 0 aliphatic carbocycles. The molecule has 8 nitrogen and oxygen atoms in total. The molecule has 0 atom stereocenters. The van der Waals surface area contributed by atoms with E-state index in [9.17, 15) is 9.59 Å². The topological polar surface area (TPSA) is 95.8 Å². The lowest BCUT2D eigenvalue weighted by Gasteiger charge is -2.08. The maximum absolute atomic E-state index is 12.6. The Morgan fingerprint density at radius 2 is 0.729 bits per heavy atom. The van der Waals surface area contributed by atoms with Crippen LogP contribution >= 0.6 is 0 Å². The number of aliphatic imine (C=N–C) groups is 2. The van der Waals surface area contributed by atoms with Gasteiger partial charge in [0.15, 0.2) is 0 Å². The van der Waals surface area contributed by atoms with Crippen molar-refractivity contribution in [1.82, 2.24) is 0 Å². The number of benzene rings is 4. The highest BCUT2D eigenvalue weighted by atomic mass is 16.5. The monoisotopic (exact) mass is 802 g/mol. The van der Waals surface area contributed by atoms with E-state index in [-0.39, 0.29) is 11.9 Å². The minimum Gasteiger partial charge on any atom is -0.494 e. The molecule has 316 valence electrons. The minimum absolute atomic E-state index is 0.389. The fourth-order valence-corrected chi connectivity index (χ4v) is 6.37. The van der Waals surface area contributed by atoms with E-state index in [1.807, 2.05) is 61.0 Å². The molecule has 59 heavy (non-hydrogen) atoms. The zero-order valence-electron chi connectivity index (χ0n) is 35.6. The van der Waals surface area contributed by atoms with Gasteiger partial charge in [-0.2, -0.15) is 0 Å². The molecule has 4 rings (SSSR count). The van der Waals surface area contributed by atoms with Crippen molar-refractivity contribution in [2.24, 2.45) is 9.98 Å². The first-order valence-corrected chi connectivity index (χ1v) is 22.1. The standard InChI is InChI=1S/C51H66N2O6/c1-3-5-7-14-18-38-56-46-32-24-44(25-33-46)50(54)58-48-28-20-42(21-29-48)40-52-36-16-12-10-9-11-13-17-37-53-41-43-22-30-49(31-23-43)59-51(55)45-26-34-47(35-27-45)57-39-19-15-8-6-4-2/h20-35,40-41H,3-19,36-39H2,1-2H3. The molecule has 0 N–H and O–H groups in total. The van der Waals surface area contributed by atoms with Crippen molar-refractivity contribution in [2.45, 2.75) is 123 Å². The van der Waals surface area contributed by atoms with Gasteiger partial charge >= 0.3 is 11.9 Å². The van der Waals surface area contributed by atoms with Crippen molar-refractivity contribution in [3.8, 4) is 23.0 Å². The van der Waals surface area contributed by atoms with Crippen molar-refractivity contribution in [3.63, 3.8) is 0 Å². The molecule has 0 aromatic heterocycles. The van der Waals surface area contributed by atoms with Crippen LogP contribution in [0.3, 0.4) is 0 Å². The second kappa shape index (κ2) is 29.0. The molecule has 0 aliphatic rings. The SMILES string of the molecule is CCCCCCCOc1ccc(C(=O)Oc2ccc(C=NCCCCCCCCCN=Cc3ccc(OC(=O)c4ccc(OCCCCCCC)cc4)cc3)cc2)cc1. The van der Waals surface area contributed by atoms with Crippen molar-refractivity contribution < 1.29 is 28.5 Å². The number of esters is 2. The number of unbranched alkanes of at least 4 members (excludes halogenated alkanes) is 14. The first-order chi connectivity index (χ1) is 29.0. The minimum atomic E-state index is -0.389. The highest BCUT2D eigenvalue weighted by Gasteiger charge is 2.10. The van der Waals surface area contributed by atoms with E-state index in [2.05, 4.69) is 23.8 Å². The van der Waals surface area contributed by atoms with Crippen LogP contribution in [0.15, 0.2) is 107 Å². The molecular weight excluding hydrogens is 737 g/mol. The zero-order valence-corrected chi connectivity index (χ0v) is 35.6. The zero-order chi connectivity index (χ0) is 41.6. The van der Waals surface area contributed by atoms with E-state index in [4.69, 9.17) is 18.9 Å². The molecule has 8 heteroatoms. The van der Waals surface area contributed by atoms with Crippen molar-refractivity contribution in [3.05, 3.63) is 119 Å². The number of ether oxygens (including phenoxy) is 4. The van der Waals surface area contributed by atoms with Crippen LogP contribution in [0.1, 0.15) is 155 Å². The number of carbonyl (C=O) groups excluding carboxylic acids is 2. The number of hydrogen-bond donors (Lipinski definition) is 0. The molecule has 0 bridgehead atoms. The maximum atomic E-state index is 12.6. The molecular formula is C51H66N2O6. The molecule has 0 aliphatic heterocycles. The summed E-state index contributed by atoms with van der Waals surface area (Å²) in [4.78, 5) is 34.4. The molecule has 0 fully saturated rings. The quantitative estimate of drug-likeness (QED) is 0.0225. The Hall–Kier alpha value is -5.24. The summed E-state index contributed by atoms with van der Waals surface area (Å²) in [6.07, 6.45) is 23.8. The fraction of sp³-hybridized carbons (Fsp3) is 0.451. The summed E-state index contributed by atoms with van der Waals surface area (Å²) in [5.41, 5.74) is 2.94. The smallest absolute Gasteiger partial charge is 0.343 e. The summed E-state index contributed by atoms with van der Waals surface area (Å²) < 4.78 is 22.7. The molecule has 0 radical (unpaired) electrons. The third-order valence-corrected chi connectivity index (χ3v) is 9.95. The molecule has 0 spiro atoms. The summed E-state index contributed by atoms with van der Waals surface area (Å²) in [7, 11) is 0. The summed E-state index contributed by atoms with van der Waals surface area (Å²) in [5, 5.41) is 0. The van der Waals surface area contributed by atoms with Crippen LogP contribution in [-0.2, 0) is 0 Å². The molecule has 4 aromatic carbocycles. The van der Waals surface area contributed by atoms with Gasteiger partial charge in [-0.15, -0.1) is 0 Å². The first-order valence-electron chi connectivity index (χ1n) is 22.1.